The number of hydrogen-bond acceptors (Lipinski definition) is 4. The fraction of sp³-hybridized carbons (Fsp3) is 0.444. The van der Waals surface area contributed by atoms with Crippen molar-refractivity contribution in [2.75, 3.05) is 6.54 Å². The van der Waals surface area contributed by atoms with Crippen molar-refractivity contribution in [3.05, 3.63) is 24.0 Å². The van der Waals surface area contributed by atoms with Crippen LogP contribution < -0.4 is 5.32 Å². The third-order valence-electron chi connectivity index (χ3n) is 1.60. The molecule has 0 aliphatic carbocycles. The molecule has 0 aromatic carbocycles. The Kier molecular flexibility index (Phi) is 3.86. The van der Waals surface area contributed by atoms with Crippen molar-refractivity contribution in [2.45, 2.75) is 13.5 Å². The molecule has 0 saturated heterocycles. The number of nitriles is 1. The van der Waals surface area contributed by atoms with Crippen LogP contribution in [0.15, 0.2) is 18.3 Å². The molecule has 1 rings (SSSR count). The lowest BCUT2D eigenvalue weighted by atomic mass is 10.2. The molecular weight excluding hydrogens is 164 g/mol. The van der Waals surface area contributed by atoms with Gasteiger partial charge < -0.3 is 5.32 Å². The summed E-state index contributed by atoms with van der Waals surface area (Å²) in [5, 5.41) is 19.3. The van der Waals surface area contributed by atoms with Crippen LogP contribution in [0.2, 0.25) is 0 Å². The van der Waals surface area contributed by atoms with Crippen molar-refractivity contribution in [1.29, 1.82) is 5.26 Å². The highest BCUT2D eigenvalue weighted by molar-refractivity contribution is 4.98. The van der Waals surface area contributed by atoms with Gasteiger partial charge in [-0.2, -0.15) is 15.5 Å². The molecule has 0 aliphatic heterocycles. The standard InChI is InChI=1S/C9H12N4/c1-8(5-10)6-11-7-9-3-2-4-12-13-9/h2-4,8,11H,6-7H2,1H3. The van der Waals surface area contributed by atoms with Gasteiger partial charge in [0.05, 0.1) is 17.7 Å². The van der Waals surface area contributed by atoms with Gasteiger partial charge in [-0.3, -0.25) is 0 Å². The second-order valence-corrected chi connectivity index (χ2v) is 2.88. The summed E-state index contributed by atoms with van der Waals surface area (Å²) in [5.41, 5.74) is 0.896. The van der Waals surface area contributed by atoms with Gasteiger partial charge in [-0.05, 0) is 19.1 Å². The first kappa shape index (κ1) is 9.62. The van der Waals surface area contributed by atoms with Crippen LogP contribution in [0.4, 0.5) is 0 Å². The predicted octanol–water partition coefficient (Wildman–Crippen LogP) is 0.726. The molecule has 0 saturated carbocycles. The molecule has 0 aliphatic rings. The van der Waals surface area contributed by atoms with Gasteiger partial charge in [0.15, 0.2) is 0 Å². The highest BCUT2D eigenvalue weighted by Crippen LogP contribution is 1.92. The van der Waals surface area contributed by atoms with Crippen molar-refractivity contribution in [1.82, 2.24) is 15.5 Å². The number of nitrogens with zero attached hydrogens (tertiary/aromatic N) is 3. The van der Waals surface area contributed by atoms with Gasteiger partial charge in [0.25, 0.3) is 0 Å². The third-order valence-corrected chi connectivity index (χ3v) is 1.60. The van der Waals surface area contributed by atoms with E-state index >= 15 is 0 Å². The first-order valence-corrected chi connectivity index (χ1v) is 4.20. The van der Waals surface area contributed by atoms with Gasteiger partial charge in [0.2, 0.25) is 0 Å². The average molecular weight is 176 g/mol. The first-order valence-electron chi connectivity index (χ1n) is 4.20. The molecule has 0 radical (unpaired) electrons. The van der Waals surface area contributed by atoms with E-state index in [0.29, 0.717) is 13.1 Å². The molecule has 68 valence electrons. The largest absolute Gasteiger partial charge is 0.310 e. The predicted molar refractivity (Wildman–Crippen MR) is 48.5 cm³/mol. The molecule has 0 fully saturated rings. The second kappa shape index (κ2) is 5.22. The Hall–Kier alpha value is -1.47. The van der Waals surface area contributed by atoms with Gasteiger partial charge in [-0.15, -0.1) is 0 Å². The zero-order valence-electron chi connectivity index (χ0n) is 7.57. The maximum atomic E-state index is 8.51. The van der Waals surface area contributed by atoms with Crippen LogP contribution in [0.3, 0.4) is 0 Å². The zero-order chi connectivity index (χ0) is 9.52. The highest BCUT2D eigenvalue weighted by Gasteiger charge is 1.98. The smallest absolute Gasteiger partial charge is 0.0768 e. The molecule has 1 N–H and O–H groups in total. The Labute approximate surface area is 77.6 Å². The summed E-state index contributed by atoms with van der Waals surface area (Å²) in [4.78, 5) is 0. The molecule has 1 atom stereocenters. The van der Waals surface area contributed by atoms with Crippen LogP contribution in [0.25, 0.3) is 0 Å². The van der Waals surface area contributed by atoms with E-state index < -0.39 is 0 Å². The van der Waals surface area contributed by atoms with Crippen LogP contribution in [0, 0.1) is 17.2 Å². The van der Waals surface area contributed by atoms with Crippen molar-refractivity contribution in [3.63, 3.8) is 0 Å². The summed E-state index contributed by atoms with van der Waals surface area (Å²) in [5.74, 6) is 0.0386. The van der Waals surface area contributed by atoms with E-state index in [4.69, 9.17) is 5.26 Å². The average Bonchev–Trinajstić information content (AvgIpc) is 2.19. The normalized spacial score (nSPS) is 12.0. The fourth-order valence-corrected chi connectivity index (χ4v) is 0.890. The van der Waals surface area contributed by atoms with Crippen molar-refractivity contribution in [2.24, 2.45) is 5.92 Å². The summed E-state index contributed by atoms with van der Waals surface area (Å²) in [7, 11) is 0. The summed E-state index contributed by atoms with van der Waals surface area (Å²) in [6.07, 6.45) is 1.64. The van der Waals surface area contributed by atoms with Gasteiger partial charge in [-0.25, -0.2) is 0 Å². The van der Waals surface area contributed by atoms with Crippen LogP contribution in [0.5, 0.6) is 0 Å². The van der Waals surface area contributed by atoms with E-state index in [1.165, 1.54) is 0 Å². The minimum atomic E-state index is 0.0386. The quantitative estimate of drug-likeness (QED) is 0.734. The Morgan fingerprint density at radius 2 is 2.54 bits per heavy atom. The van der Waals surface area contributed by atoms with E-state index in [9.17, 15) is 0 Å². The van der Waals surface area contributed by atoms with Crippen LogP contribution in [-0.4, -0.2) is 16.7 Å². The van der Waals surface area contributed by atoms with Crippen LogP contribution >= 0.6 is 0 Å². The van der Waals surface area contributed by atoms with Crippen molar-refractivity contribution in [3.8, 4) is 6.07 Å². The molecular formula is C9H12N4. The number of aromatic nitrogens is 2. The molecule has 13 heavy (non-hydrogen) atoms. The SMILES string of the molecule is CC(C#N)CNCc1cccnn1. The van der Waals surface area contributed by atoms with Gasteiger partial charge in [0.1, 0.15) is 0 Å². The molecule has 4 nitrogen and oxygen atoms in total. The maximum Gasteiger partial charge on any atom is 0.0768 e. The van der Waals surface area contributed by atoms with E-state index in [-0.39, 0.29) is 5.92 Å². The summed E-state index contributed by atoms with van der Waals surface area (Å²) >= 11 is 0. The molecule has 1 aromatic rings. The minimum absolute atomic E-state index is 0.0386. The van der Waals surface area contributed by atoms with E-state index in [1.54, 1.807) is 6.20 Å². The highest BCUT2D eigenvalue weighted by atomic mass is 15.1. The Bertz CT molecular complexity index is 277. The maximum absolute atomic E-state index is 8.51. The number of nitrogens with one attached hydrogen (secondary N) is 1. The number of rotatable bonds is 4. The van der Waals surface area contributed by atoms with Gasteiger partial charge >= 0.3 is 0 Å². The summed E-state index contributed by atoms with van der Waals surface area (Å²) in [6, 6.07) is 5.90. The third kappa shape index (κ3) is 3.63. The molecule has 1 heterocycles. The molecule has 0 spiro atoms. The lowest BCUT2D eigenvalue weighted by Gasteiger charge is -2.03. The molecule has 1 unspecified atom stereocenters. The van der Waals surface area contributed by atoms with Gasteiger partial charge in [0, 0.05) is 19.3 Å². The zero-order valence-corrected chi connectivity index (χ0v) is 7.57. The topological polar surface area (TPSA) is 61.6 Å². The Morgan fingerprint density at radius 1 is 1.69 bits per heavy atom. The van der Waals surface area contributed by atoms with Gasteiger partial charge in [-0.1, -0.05) is 0 Å². The molecule has 0 amide bonds. The van der Waals surface area contributed by atoms with E-state index in [0.717, 1.165) is 5.69 Å². The van der Waals surface area contributed by atoms with E-state index in [2.05, 4.69) is 21.6 Å². The van der Waals surface area contributed by atoms with E-state index in [1.807, 2.05) is 19.1 Å². The molecule has 0 bridgehead atoms. The molecule has 4 heteroatoms. The van der Waals surface area contributed by atoms with Crippen molar-refractivity contribution >= 4 is 0 Å². The summed E-state index contributed by atoms with van der Waals surface area (Å²) in [6.45, 7) is 3.23. The number of hydrogen-bond donors (Lipinski definition) is 1. The molecule has 1 aromatic heterocycles. The fourth-order valence-electron chi connectivity index (χ4n) is 0.890. The monoisotopic (exact) mass is 176 g/mol. The Morgan fingerprint density at radius 3 is 3.15 bits per heavy atom. The van der Waals surface area contributed by atoms with Crippen molar-refractivity contribution < 1.29 is 0 Å². The Balaban J connectivity index is 2.25. The summed E-state index contributed by atoms with van der Waals surface area (Å²) < 4.78 is 0. The lowest BCUT2D eigenvalue weighted by Crippen LogP contribution is -2.20. The first-order chi connectivity index (χ1) is 6.33. The lowest BCUT2D eigenvalue weighted by molar-refractivity contribution is 0.592. The second-order valence-electron chi connectivity index (χ2n) is 2.88. The minimum Gasteiger partial charge on any atom is -0.310 e. The van der Waals surface area contributed by atoms with Crippen LogP contribution in [-0.2, 0) is 6.54 Å². The van der Waals surface area contributed by atoms with Crippen LogP contribution in [0.1, 0.15) is 12.6 Å².